The van der Waals surface area contributed by atoms with Crippen molar-refractivity contribution in [2.24, 2.45) is 0 Å². The summed E-state index contributed by atoms with van der Waals surface area (Å²) < 4.78 is 6.63. The van der Waals surface area contributed by atoms with E-state index in [-0.39, 0.29) is 0 Å². The van der Waals surface area contributed by atoms with Crippen molar-refractivity contribution in [3.8, 4) is 0 Å². The first-order valence-corrected chi connectivity index (χ1v) is 6.37. The van der Waals surface area contributed by atoms with Crippen LogP contribution in [0.3, 0.4) is 0 Å². The van der Waals surface area contributed by atoms with Gasteiger partial charge < -0.3 is 10.5 Å². The van der Waals surface area contributed by atoms with Crippen molar-refractivity contribution >= 4 is 32.4 Å². The van der Waals surface area contributed by atoms with Gasteiger partial charge in [-0.2, -0.15) is 0 Å². The highest BCUT2D eigenvalue weighted by Gasteiger charge is 1.99. The van der Waals surface area contributed by atoms with E-state index in [1.807, 2.05) is 24.3 Å². The fourth-order valence-corrected chi connectivity index (χ4v) is 2.13. The van der Waals surface area contributed by atoms with E-state index in [4.69, 9.17) is 10.5 Å². The zero-order valence-corrected chi connectivity index (χ0v) is 10.9. The lowest BCUT2D eigenvalue weighted by Gasteiger charge is -2.02. The van der Waals surface area contributed by atoms with E-state index >= 15 is 0 Å². The molecule has 84 valence electrons. The number of nitrogens with zero attached hydrogens (tertiary/aromatic N) is 1. The van der Waals surface area contributed by atoms with E-state index in [0.717, 1.165) is 14.9 Å². The molecule has 0 amide bonds. The Balaban J connectivity index is 1.82. The number of ether oxygens (including phenoxy) is 1. The maximum atomic E-state index is 5.56. The zero-order chi connectivity index (χ0) is 11.4. The Hall–Kier alpha value is -0.910. The molecule has 3 nitrogen and oxygen atoms in total. The van der Waals surface area contributed by atoms with E-state index in [1.54, 1.807) is 6.20 Å². The predicted molar refractivity (Wildman–Crippen MR) is 69.2 cm³/mol. The highest BCUT2D eigenvalue weighted by Crippen LogP contribution is 2.16. The van der Waals surface area contributed by atoms with Gasteiger partial charge in [0.05, 0.1) is 18.1 Å². The number of nitrogens with two attached hydrogens (primary N) is 1. The molecule has 0 bridgehead atoms. The van der Waals surface area contributed by atoms with Crippen molar-refractivity contribution in [2.45, 2.75) is 13.2 Å². The van der Waals surface area contributed by atoms with Gasteiger partial charge in [-0.05, 0) is 17.7 Å². The number of hydrogen-bond acceptors (Lipinski definition) is 4. The van der Waals surface area contributed by atoms with Gasteiger partial charge in [-0.25, -0.2) is 4.98 Å². The van der Waals surface area contributed by atoms with Gasteiger partial charge >= 0.3 is 0 Å². The van der Waals surface area contributed by atoms with Crippen LogP contribution >= 0.6 is 27.3 Å². The molecule has 0 aliphatic heterocycles. The Morgan fingerprint density at radius 3 is 2.62 bits per heavy atom. The minimum Gasteiger partial charge on any atom is -0.375 e. The lowest BCUT2D eigenvalue weighted by atomic mass is 10.2. The molecule has 0 atom stereocenters. The number of thiazole rings is 1. The second-order valence-corrected chi connectivity index (χ2v) is 5.35. The highest BCUT2D eigenvalue weighted by molar-refractivity contribution is 9.10. The average Bonchev–Trinajstić information content (AvgIpc) is 2.67. The zero-order valence-electron chi connectivity index (χ0n) is 8.52. The molecule has 1 aromatic carbocycles. The number of halogens is 1. The SMILES string of the molecule is Nc1ncc(COCc2ccc(Br)cc2)s1. The van der Waals surface area contributed by atoms with Gasteiger partial charge in [0, 0.05) is 10.7 Å². The Morgan fingerprint density at radius 2 is 2.00 bits per heavy atom. The molecule has 0 radical (unpaired) electrons. The lowest BCUT2D eigenvalue weighted by Crippen LogP contribution is -1.91. The van der Waals surface area contributed by atoms with Crippen molar-refractivity contribution in [1.29, 1.82) is 0 Å². The Labute approximate surface area is 106 Å². The number of rotatable bonds is 4. The maximum Gasteiger partial charge on any atom is 0.180 e. The molecule has 0 spiro atoms. The third-order valence-electron chi connectivity index (χ3n) is 2.00. The van der Waals surface area contributed by atoms with Crippen LogP contribution in [0, 0.1) is 0 Å². The van der Waals surface area contributed by atoms with Crippen molar-refractivity contribution in [3.63, 3.8) is 0 Å². The van der Waals surface area contributed by atoms with E-state index in [1.165, 1.54) is 11.3 Å². The molecule has 2 N–H and O–H groups in total. The molecule has 1 heterocycles. The number of aromatic nitrogens is 1. The molecular weight excluding hydrogens is 288 g/mol. The predicted octanol–water partition coefficient (Wildman–Crippen LogP) is 3.20. The fourth-order valence-electron chi connectivity index (χ4n) is 1.24. The summed E-state index contributed by atoms with van der Waals surface area (Å²) in [5.74, 6) is 0. The van der Waals surface area contributed by atoms with Gasteiger partial charge in [-0.1, -0.05) is 39.4 Å². The molecule has 5 heteroatoms. The van der Waals surface area contributed by atoms with Crippen LogP contribution in [0.4, 0.5) is 5.13 Å². The van der Waals surface area contributed by atoms with Gasteiger partial charge in [-0.15, -0.1) is 0 Å². The van der Waals surface area contributed by atoms with Crippen LogP contribution < -0.4 is 5.73 Å². The van der Waals surface area contributed by atoms with Crippen LogP contribution in [0.15, 0.2) is 34.9 Å². The van der Waals surface area contributed by atoms with E-state index in [9.17, 15) is 0 Å². The van der Waals surface area contributed by atoms with Crippen molar-refractivity contribution in [3.05, 3.63) is 45.4 Å². The Kier molecular flexibility index (Phi) is 3.93. The largest absolute Gasteiger partial charge is 0.375 e. The maximum absolute atomic E-state index is 5.56. The van der Waals surface area contributed by atoms with Gasteiger partial charge in [0.2, 0.25) is 0 Å². The van der Waals surface area contributed by atoms with Gasteiger partial charge in [-0.3, -0.25) is 0 Å². The van der Waals surface area contributed by atoms with Gasteiger partial charge in [0.25, 0.3) is 0 Å². The van der Waals surface area contributed by atoms with E-state index in [2.05, 4.69) is 20.9 Å². The minimum absolute atomic E-state index is 0.560. The van der Waals surface area contributed by atoms with E-state index in [0.29, 0.717) is 18.3 Å². The summed E-state index contributed by atoms with van der Waals surface area (Å²) in [5, 5.41) is 0.585. The molecule has 0 unspecified atom stereocenters. The van der Waals surface area contributed by atoms with Crippen molar-refractivity contribution in [2.75, 3.05) is 5.73 Å². The monoisotopic (exact) mass is 298 g/mol. The number of hydrogen-bond donors (Lipinski definition) is 1. The minimum atomic E-state index is 0.560. The first kappa shape index (κ1) is 11.6. The Bertz CT molecular complexity index is 455. The number of anilines is 1. The molecule has 0 aliphatic rings. The molecule has 2 aromatic rings. The van der Waals surface area contributed by atoms with Crippen LogP contribution in [0.2, 0.25) is 0 Å². The van der Waals surface area contributed by atoms with Crippen molar-refractivity contribution < 1.29 is 4.74 Å². The molecule has 0 fully saturated rings. The summed E-state index contributed by atoms with van der Waals surface area (Å²) in [6, 6.07) is 8.07. The van der Waals surface area contributed by atoms with Crippen LogP contribution in [0.25, 0.3) is 0 Å². The fraction of sp³-hybridized carbons (Fsp3) is 0.182. The van der Waals surface area contributed by atoms with Crippen LogP contribution in [0.5, 0.6) is 0 Å². The third-order valence-corrected chi connectivity index (χ3v) is 3.33. The molecule has 1 aromatic heterocycles. The van der Waals surface area contributed by atoms with Crippen LogP contribution in [0.1, 0.15) is 10.4 Å². The number of benzene rings is 1. The molecule has 2 rings (SSSR count). The summed E-state index contributed by atoms with van der Waals surface area (Å²) >= 11 is 4.85. The smallest absolute Gasteiger partial charge is 0.180 e. The summed E-state index contributed by atoms with van der Waals surface area (Å²) in [5.41, 5.74) is 6.68. The highest BCUT2D eigenvalue weighted by atomic mass is 79.9. The summed E-state index contributed by atoms with van der Waals surface area (Å²) in [6.07, 6.45) is 1.75. The lowest BCUT2D eigenvalue weighted by molar-refractivity contribution is 0.109. The normalized spacial score (nSPS) is 10.6. The molecule has 0 aliphatic carbocycles. The summed E-state index contributed by atoms with van der Waals surface area (Å²) in [4.78, 5) is 5.01. The molecule has 0 saturated heterocycles. The average molecular weight is 299 g/mol. The van der Waals surface area contributed by atoms with Crippen LogP contribution in [-0.2, 0) is 18.0 Å². The number of nitrogen functional groups attached to an aromatic ring is 1. The summed E-state index contributed by atoms with van der Waals surface area (Å²) in [6.45, 7) is 1.16. The summed E-state index contributed by atoms with van der Waals surface area (Å²) in [7, 11) is 0. The molecule has 16 heavy (non-hydrogen) atoms. The first-order chi connectivity index (χ1) is 7.74. The quantitative estimate of drug-likeness (QED) is 0.943. The third kappa shape index (κ3) is 3.30. The van der Waals surface area contributed by atoms with Gasteiger partial charge in [0.15, 0.2) is 5.13 Å². The first-order valence-electron chi connectivity index (χ1n) is 4.76. The van der Waals surface area contributed by atoms with E-state index < -0.39 is 0 Å². The van der Waals surface area contributed by atoms with Crippen molar-refractivity contribution in [1.82, 2.24) is 4.98 Å². The molecular formula is C11H11BrN2OS. The van der Waals surface area contributed by atoms with Gasteiger partial charge in [0.1, 0.15) is 0 Å². The second kappa shape index (κ2) is 5.43. The van der Waals surface area contributed by atoms with Crippen LogP contribution in [-0.4, -0.2) is 4.98 Å². The second-order valence-electron chi connectivity index (χ2n) is 3.28. The molecule has 0 saturated carbocycles. The topological polar surface area (TPSA) is 48.1 Å². The standard InChI is InChI=1S/C11H11BrN2OS/c12-9-3-1-8(2-4-9)6-15-7-10-5-14-11(13)16-10/h1-5H,6-7H2,(H2,13,14). The Morgan fingerprint density at radius 1 is 1.25 bits per heavy atom.